The fourth-order valence-electron chi connectivity index (χ4n) is 1.36. The van der Waals surface area contributed by atoms with E-state index in [0.717, 1.165) is 22.9 Å². The van der Waals surface area contributed by atoms with Gasteiger partial charge in [-0.15, -0.1) is 0 Å². The minimum absolute atomic E-state index is 0.0173. The molecule has 0 fully saturated rings. The van der Waals surface area contributed by atoms with Crippen molar-refractivity contribution >= 4 is 0 Å². The van der Waals surface area contributed by atoms with Crippen LogP contribution in [0.2, 0.25) is 0 Å². The lowest BCUT2D eigenvalue weighted by Crippen LogP contribution is -2.35. The lowest BCUT2D eigenvalue weighted by atomic mass is 10.2. The summed E-state index contributed by atoms with van der Waals surface area (Å²) < 4.78 is 42.9. The molecule has 0 bridgehead atoms. The Morgan fingerprint density at radius 2 is 2.12 bits per heavy atom. The molecule has 7 heteroatoms. The average Bonchev–Trinajstić information content (AvgIpc) is 2.20. The van der Waals surface area contributed by atoms with Crippen LogP contribution in [0.4, 0.5) is 13.2 Å². The van der Waals surface area contributed by atoms with Crippen LogP contribution in [0.1, 0.15) is 5.56 Å². The van der Waals surface area contributed by atoms with Gasteiger partial charge in [-0.3, -0.25) is 4.79 Å². The van der Waals surface area contributed by atoms with Crippen LogP contribution in [0.15, 0.2) is 23.1 Å². The third-order valence-electron chi connectivity index (χ3n) is 2.12. The summed E-state index contributed by atoms with van der Waals surface area (Å²) in [6.07, 6.45) is -3.71. The zero-order valence-electron chi connectivity index (χ0n) is 9.20. The van der Waals surface area contributed by atoms with Crippen molar-refractivity contribution in [2.24, 2.45) is 5.73 Å². The molecule has 0 radical (unpaired) electrons. The average molecular weight is 250 g/mol. The quantitative estimate of drug-likeness (QED) is 0.861. The van der Waals surface area contributed by atoms with E-state index in [2.05, 4.69) is 0 Å². The Kier molecular flexibility index (Phi) is 4.30. The number of rotatable bonds is 4. The Balaban J connectivity index is 2.95. The first-order chi connectivity index (χ1) is 7.84. The van der Waals surface area contributed by atoms with Gasteiger partial charge < -0.3 is 15.0 Å². The topological polar surface area (TPSA) is 57.2 Å². The van der Waals surface area contributed by atoms with E-state index in [-0.39, 0.29) is 13.2 Å². The van der Waals surface area contributed by atoms with Crippen molar-refractivity contribution in [2.75, 3.05) is 13.7 Å². The molecule has 0 saturated carbocycles. The van der Waals surface area contributed by atoms with Crippen molar-refractivity contribution < 1.29 is 17.9 Å². The van der Waals surface area contributed by atoms with E-state index in [1.165, 1.54) is 7.11 Å². The largest absolute Gasteiger partial charge is 0.417 e. The summed E-state index contributed by atoms with van der Waals surface area (Å²) in [6, 6.07) is 1.10. The van der Waals surface area contributed by atoms with Crippen molar-refractivity contribution in [1.29, 1.82) is 0 Å². The first-order valence-electron chi connectivity index (χ1n) is 4.87. The maximum absolute atomic E-state index is 12.4. The normalized spacial score (nSPS) is 13.7. The van der Waals surface area contributed by atoms with Crippen LogP contribution in [-0.2, 0) is 17.5 Å². The van der Waals surface area contributed by atoms with Gasteiger partial charge in [0.15, 0.2) is 0 Å². The zero-order chi connectivity index (χ0) is 13.1. The van der Waals surface area contributed by atoms with Gasteiger partial charge >= 0.3 is 6.18 Å². The standard InChI is InChI=1S/C10H13F3N2O2/c1-17-6-8(14)5-15-4-7(10(11,12)13)2-3-9(15)16/h2-4,8H,5-6,14H2,1H3. The van der Waals surface area contributed by atoms with Gasteiger partial charge in [-0.2, -0.15) is 13.2 Å². The van der Waals surface area contributed by atoms with Crippen LogP contribution < -0.4 is 11.3 Å². The highest BCUT2D eigenvalue weighted by Gasteiger charge is 2.31. The first kappa shape index (κ1) is 13.7. The molecule has 1 aromatic heterocycles. The minimum atomic E-state index is -4.47. The van der Waals surface area contributed by atoms with Gasteiger partial charge in [0, 0.05) is 32.0 Å². The van der Waals surface area contributed by atoms with E-state index < -0.39 is 23.3 Å². The molecule has 0 aliphatic rings. The van der Waals surface area contributed by atoms with Crippen LogP contribution >= 0.6 is 0 Å². The number of pyridine rings is 1. The second-order valence-corrected chi connectivity index (χ2v) is 3.62. The molecule has 2 N–H and O–H groups in total. The smallest absolute Gasteiger partial charge is 0.383 e. The Morgan fingerprint density at radius 3 is 2.65 bits per heavy atom. The second-order valence-electron chi connectivity index (χ2n) is 3.62. The van der Waals surface area contributed by atoms with E-state index in [4.69, 9.17) is 10.5 Å². The fraction of sp³-hybridized carbons (Fsp3) is 0.500. The summed E-state index contributed by atoms with van der Waals surface area (Å²) in [5.41, 5.74) is 4.18. The lowest BCUT2D eigenvalue weighted by molar-refractivity contribution is -0.138. The van der Waals surface area contributed by atoms with Crippen LogP contribution in [0, 0.1) is 0 Å². The molecule has 96 valence electrons. The van der Waals surface area contributed by atoms with Gasteiger partial charge in [0.05, 0.1) is 12.2 Å². The Hall–Kier alpha value is -1.34. The molecule has 1 heterocycles. The van der Waals surface area contributed by atoms with Crippen LogP contribution in [0.25, 0.3) is 0 Å². The molecule has 4 nitrogen and oxygen atoms in total. The highest BCUT2D eigenvalue weighted by molar-refractivity contribution is 5.13. The summed E-state index contributed by atoms with van der Waals surface area (Å²) in [4.78, 5) is 11.3. The van der Waals surface area contributed by atoms with Crippen molar-refractivity contribution in [1.82, 2.24) is 4.57 Å². The van der Waals surface area contributed by atoms with Crippen molar-refractivity contribution in [3.05, 3.63) is 34.2 Å². The fourth-order valence-corrected chi connectivity index (χ4v) is 1.36. The van der Waals surface area contributed by atoms with E-state index in [1.807, 2.05) is 0 Å². The number of nitrogens with zero attached hydrogens (tertiary/aromatic N) is 1. The summed E-state index contributed by atoms with van der Waals surface area (Å²) in [5.74, 6) is 0. The molecule has 1 unspecified atom stereocenters. The molecule has 1 rings (SSSR count). The number of nitrogens with two attached hydrogens (primary N) is 1. The maximum Gasteiger partial charge on any atom is 0.417 e. The zero-order valence-corrected chi connectivity index (χ0v) is 9.20. The first-order valence-corrected chi connectivity index (χ1v) is 4.87. The maximum atomic E-state index is 12.4. The molecular formula is C10H13F3N2O2. The number of aromatic nitrogens is 1. The SMILES string of the molecule is COCC(N)Cn1cc(C(F)(F)F)ccc1=O. The molecule has 0 spiro atoms. The van der Waals surface area contributed by atoms with E-state index in [9.17, 15) is 18.0 Å². The van der Waals surface area contributed by atoms with Crippen LogP contribution in [0.3, 0.4) is 0 Å². The predicted octanol–water partition coefficient (Wildman–Crippen LogP) is 0.841. The van der Waals surface area contributed by atoms with Gasteiger partial charge in [0.25, 0.3) is 5.56 Å². The molecule has 1 aromatic rings. The third kappa shape index (κ3) is 3.86. The van der Waals surface area contributed by atoms with Gasteiger partial charge in [-0.25, -0.2) is 0 Å². The van der Waals surface area contributed by atoms with E-state index in [0.29, 0.717) is 0 Å². The molecule has 0 aliphatic carbocycles. The number of halogens is 3. The predicted molar refractivity (Wildman–Crippen MR) is 55.6 cm³/mol. The van der Waals surface area contributed by atoms with Gasteiger partial charge in [0.2, 0.25) is 0 Å². The summed E-state index contributed by atoms with van der Waals surface area (Å²) in [7, 11) is 1.43. The Labute approximate surface area is 95.8 Å². The molecule has 0 aliphatic heterocycles. The van der Waals surface area contributed by atoms with Crippen LogP contribution in [0.5, 0.6) is 0 Å². The molecule has 0 amide bonds. The summed E-state index contributed by atoms with van der Waals surface area (Å²) in [5, 5.41) is 0. The third-order valence-corrected chi connectivity index (χ3v) is 2.12. The minimum Gasteiger partial charge on any atom is -0.383 e. The van der Waals surface area contributed by atoms with Crippen molar-refractivity contribution in [2.45, 2.75) is 18.8 Å². The van der Waals surface area contributed by atoms with Gasteiger partial charge in [-0.1, -0.05) is 0 Å². The number of methoxy groups -OCH3 is 1. The molecule has 17 heavy (non-hydrogen) atoms. The Morgan fingerprint density at radius 1 is 1.47 bits per heavy atom. The van der Waals surface area contributed by atoms with Gasteiger partial charge in [0.1, 0.15) is 0 Å². The Bertz CT molecular complexity index is 428. The number of hydrogen-bond acceptors (Lipinski definition) is 3. The number of alkyl halides is 3. The number of hydrogen-bond donors (Lipinski definition) is 1. The van der Waals surface area contributed by atoms with Gasteiger partial charge in [-0.05, 0) is 6.07 Å². The molecule has 0 saturated heterocycles. The highest BCUT2D eigenvalue weighted by atomic mass is 19.4. The number of ether oxygens (including phenoxy) is 1. The second kappa shape index (κ2) is 5.33. The van der Waals surface area contributed by atoms with E-state index >= 15 is 0 Å². The molecular weight excluding hydrogens is 237 g/mol. The molecule has 1 atom stereocenters. The van der Waals surface area contributed by atoms with Crippen molar-refractivity contribution in [3.63, 3.8) is 0 Å². The van der Waals surface area contributed by atoms with E-state index in [1.54, 1.807) is 0 Å². The summed E-state index contributed by atoms with van der Waals surface area (Å²) in [6.45, 7) is 0.152. The lowest BCUT2D eigenvalue weighted by Gasteiger charge is -2.14. The van der Waals surface area contributed by atoms with Crippen molar-refractivity contribution in [3.8, 4) is 0 Å². The van der Waals surface area contributed by atoms with Crippen LogP contribution in [-0.4, -0.2) is 24.3 Å². The highest BCUT2D eigenvalue weighted by Crippen LogP contribution is 2.27. The molecule has 0 aromatic carbocycles. The monoisotopic (exact) mass is 250 g/mol. The summed E-state index contributed by atoms with van der Waals surface area (Å²) >= 11 is 0.